The molecule has 4 atom stereocenters. The number of hydrogen-bond acceptors (Lipinski definition) is 2. The van der Waals surface area contributed by atoms with Gasteiger partial charge in [-0.25, -0.2) is 0 Å². The van der Waals surface area contributed by atoms with Crippen molar-refractivity contribution < 1.29 is 0 Å². The van der Waals surface area contributed by atoms with Crippen LogP contribution in [0, 0.1) is 16.7 Å². The van der Waals surface area contributed by atoms with E-state index in [2.05, 4.69) is 44.3 Å². The standard InChI is InChI=1S/C16H27N3/c1-11(12-9-17-19(5)10-12)18-14-15(2,3)13-6-7-16(14,4)8-13/h9-11,13-14,18H,6-8H2,1-5H3. The average Bonchev–Trinajstić information content (AvgIpc) is 2.96. The molecule has 106 valence electrons. The van der Waals surface area contributed by atoms with E-state index in [-0.39, 0.29) is 0 Å². The Bertz CT molecular complexity index is 471. The van der Waals surface area contributed by atoms with E-state index in [0.717, 1.165) is 5.92 Å². The van der Waals surface area contributed by atoms with Crippen LogP contribution in [0.15, 0.2) is 12.4 Å². The third kappa shape index (κ3) is 1.94. The molecule has 0 aliphatic heterocycles. The number of aryl methyl sites for hydroxylation is 1. The third-order valence-electron chi connectivity index (χ3n) is 5.91. The predicted octanol–water partition coefficient (Wildman–Crippen LogP) is 3.29. The summed E-state index contributed by atoms with van der Waals surface area (Å²) >= 11 is 0. The van der Waals surface area contributed by atoms with E-state index in [4.69, 9.17) is 0 Å². The van der Waals surface area contributed by atoms with Crippen molar-refractivity contribution in [2.24, 2.45) is 23.8 Å². The Morgan fingerprint density at radius 1 is 1.42 bits per heavy atom. The molecule has 4 unspecified atom stereocenters. The van der Waals surface area contributed by atoms with Crippen molar-refractivity contribution in [3.8, 4) is 0 Å². The van der Waals surface area contributed by atoms with Crippen molar-refractivity contribution in [3.05, 3.63) is 18.0 Å². The lowest BCUT2D eigenvalue weighted by Gasteiger charge is -2.44. The Morgan fingerprint density at radius 2 is 2.16 bits per heavy atom. The molecule has 3 rings (SSSR count). The molecule has 2 saturated carbocycles. The van der Waals surface area contributed by atoms with E-state index in [9.17, 15) is 0 Å². The maximum atomic E-state index is 4.29. The minimum Gasteiger partial charge on any atom is -0.306 e. The van der Waals surface area contributed by atoms with E-state index >= 15 is 0 Å². The second kappa shape index (κ2) is 4.08. The molecule has 0 amide bonds. The van der Waals surface area contributed by atoms with Crippen LogP contribution in [0.2, 0.25) is 0 Å². The number of nitrogens with one attached hydrogen (secondary N) is 1. The topological polar surface area (TPSA) is 29.9 Å². The molecule has 2 fully saturated rings. The van der Waals surface area contributed by atoms with Gasteiger partial charge >= 0.3 is 0 Å². The molecular weight excluding hydrogens is 234 g/mol. The zero-order valence-corrected chi connectivity index (χ0v) is 12.9. The van der Waals surface area contributed by atoms with E-state index < -0.39 is 0 Å². The molecule has 19 heavy (non-hydrogen) atoms. The molecule has 0 radical (unpaired) electrons. The molecule has 0 spiro atoms. The van der Waals surface area contributed by atoms with Crippen LogP contribution in [0.4, 0.5) is 0 Å². The zero-order chi connectivity index (χ0) is 13.8. The highest BCUT2D eigenvalue weighted by atomic mass is 15.2. The van der Waals surface area contributed by atoms with E-state index in [1.807, 2.05) is 17.9 Å². The van der Waals surface area contributed by atoms with Crippen LogP contribution < -0.4 is 5.32 Å². The molecule has 1 aromatic heterocycles. The number of aromatic nitrogens is 2. The fourth-order valence-corrected chi connectivity index (χ4v) is 4.73. The van der Waals surface area contributed by atoms with Crippen molar-refractivity contribution in [3.63, 3.8) is 0 Å². The van der Waals surface area contributed by atoms with Crippen LogP contribution in [0.1, 0.15) is 58.6 Å². The maximum absolute atomic E-state index is 4.29. The minimum absolute atomic E-state index is 0.383. The van der Waals surface area contributed by atoms with Crippen molar-refractivity contribution in [1.29, 1.82) is 0 Å². The van der Waals surface area contributed by atoms with Gasteiger partial charge < -0.3 is 5.32 Å². The van der Waals surface area contributed by atoms with Gasteiger partial charge in [0.15, 0.2) is 0 Å². The molecule has 3 nitrogen and oxygen atoms in total. The lowest BCUT2D eigenvalue weighted by Crippen LogP contribution is -2.50. The molecule has 0 saturated heterocycles. The molecular formula is C16H27N3. The molecule has 1 aromatic rings. The molecule has 1 heterocycles. The Kier molecular flexibility index (Phi) is 2.83. The van der Waals surface area contributed by atoms with Gasteiger partial charge in [-0.3, -0.25) is 4.68 Å². The fourth-order valence-electron chi connectivity index (χ4n) is 4.73. The van der Waals surface area contributed by atoms with Gasteiger partial charge in [0.2, 0.25) is 0 Å². The summed E-state index contributed by atoms with van der Waals surface area (Å²) in [7, 11) is 1.99. The van der Waals surface area contributed by atoms with Gasteiger partial charge in [0.1, 0.15) is 0 Å². The second-order valence-electron chi connectivity index (χ2n) is 7.68. The molecule has 2 aliphatic carbocycles. The summed E-state index contributed by atoms with van der Waals surface area (Å²) in [6, 6.07) is 1.00. The Hall–Kier alpha value is -0.830. The van der Waals surface area contributed by atoms with Gasteiger partial charge in [0.25, 0.3) is 0 Å². The summed E-state index contributed by atoms with van der Waals surface area (Å²) in [5.41, 5.74) is 2.21. The summed E-state index contributed by atoms with van der Waals surface area (Å²) in [5, 5.41) is 8.21. The molecule has 3 heteroatoms. The molecule has 1 N–H and O–H groups in total. The highest BCUT2D eigenvalue weighted by Gasteiger charge is 2.59. The smallest absolute Gasteiger partial charge is 0.0537 e. The van der Waals surface area contributed by atoms with Gasteiger partial charge in [-0.05, 0) is 42.9 Å². The highest BCUT2D eigenvalue weighted by Crippen LogP contribution is 2.62. The summed E-state index contributed by atoms with van der Waals surface area (Å²) in [6.07, 6.45) is 8.32. The zero-order valence-electron chi connectivity index (χ0n) is 12.9. The fraction of sp³-hybridized carbons (Fsp3) is 0.812. The van der Waals surface area contributed by atoms with Crippen molar-refractivity contribution in [2.75, 3.05) is 0 Å². The Labute approximate surface area is 116 Å². The van der Waals surface area contributed by atoms with Gasteiger partial charge in [-0.1, -0.05) is 20.8 Å². The van der Waals surface area contributed by atoms with Crippen LogP contribution >= 0.6 is 0 Å². The van der Waals surface area contributed by atoms with Gasteiger partial charge in [-0.15, -0.1) is 0 Å². The van der Waals surface area contributed by atoms with Crippen LogP contribution in [-0.2, 0) is 7.05 Å². The van der Waals surface area contributed by atoms with E-state index in [0.29, 0.717) is 22.9 Å². The quantitative estimate of drug-likeness (QED) is 0.905. The molecule has 0 aromatic carbocycles. The van der Waals surface area contributed by atoms with Crippen molar-refractivity contribution in [2.45, 2.75) is 59.0 Å². The Balaban J connectivity index is 1.79. The SMILES string of the molecule is CC(NC1C2(C)CCC(C2)C1(C)C)c1cnn(C)c1. The third-order valence-corrected chi connectivity index (χ3v) is 5.91. The highest BCUT2D eigenvalue weighted by molar-refractivity contribution is 5.16. The largest absolute Gasteiger partial charge is 0.306 e. The van der Waals surface area contributed by atoms with Crippen LogP contribution in [-0.4, -0.2) is 15.8 Å². The van der Waals surface area contributed by atoms with Gasteiger partial charge in [0, 0.05) is 30.9 Å². The first kappa shape index (κ1) is 13.2. The first-order valence-electron chi connectivity index (χ1n) is 7.57. The number of rotatable bonds is 3. The molecule has 2 aliphatic rings. The normalized spacial score (nSPS) is 37.7. The second-order valence-corrected chi connectivity index (χ2v) is 7.68. The summed E-state index contributed by atoms with van der Waals surface area (Å²) in [6.45, 7) is 9.66. The number of nitrogens with zero attached hydrogens (tertiary/aromatic N) is 2. The van der Waals surface area contributed by atoms with Crippen LogP contribution in [0.5, 0.6) is 0 Å². The van der Waals surface area contributed by atoms with Gasteiger partial charge in [-0.2, -0.15) is 5.10 Å². The van der Waals surface area contributed by atoms with E-state index in [1.54, 1.807) is 0 Å². The maximum Gasteiger partial charge on any atom is 0.0537 e. The Morgan fingerprint density at radius 3 is 2.68 bits per heavy atom. The first-order valence-corrected chi connectivity index (χ1v) is 7.57. The van der Waals surface area contributed by atoms with E-state index in [1.165, 1.54) is 24.8 Å². The van der Waals surface area contributed by atoms with Crippen molar-refractivity contribution >= 4 is 0 Å². The van der Waals surface area contributed by atoms with Crippen molar-refractivity contribution in [1.82, 2.24) is 15.1 Å². The average molecular weight is 261 g/mol. The summed E-state index contributed by atoms with van der Waals surface area (Å²) in [5.74, 6) is 0.899. The number of fused-ring (bicyclic) bond motifs is 2. The number of hydrogen-bond donors (Lipinski definition) is 1. The van der Waals surface area contributed by atoms with Crippen LogP contribution in [0.25, 0.3) is 0 Å². The minimum atomic E-state index is 0.383. The monoisotopic (exact) mass is 261 g/mol. The predicted molar refractivity (Wildman–Crippen MR) is 77.8 cm³/mol. The lowest BCUT2D eigenvalue weighted by molar-refractivity contribution is 0.100. The lowest BCUT2D eigenvalue weighted by atomic mass is 9.68. The summed E-state index contributed by atoms with van der Waals surface area (Å²) < 4.78 is 1.89. The van der Waals surface area contributed by atoms with Gasteiger partial charge in [0.05, 0.1) is 6.20 Å². The first-order chi connectivity index (χ1) is 8.83. The molecule has 2 bridgehead atoms. The van der Waals surface area contributed by atoms with Crippen LogP contribution in [0.3, 0.4) is 0 Å². The summed E-state index contributed by atoms with van der Waals surface area (Å²) in [4.78, 5) is 0.